The summed E-state index contributed by atoms with van der Waals surface area (Å²) in [6.45, 7) is 1.95. The Bertz CT molecular complexity index is 369. The summed E-state index contributed by atoms with van der Waals surface area (Å²) >= 11 is 0. The van der Waals surface area contributed by atoms with Crippen LogP contribution in [0.4, 0.5) is 0 Å². The molecule has 72 valence electrons. The van der Waals surface area contributed by atoms with E-state index in [0.29, 0.717) is 0 Å². The molecule has 1 aromatic carbocycles. The second-order valence-electron chi connectivity index (χ2n) is 3.37. The molecule has 0 amide bonds. The molecule has 1 aliphatic heterocycles. The third-order valence-electron chi connectivity index (χ3n) is 2.49. The quantitative estimate of drug-likeness (QED) is 0.547. The van der Waals surface area contributed by atoms with E-state index < -0.39 is 13.2 Å². The molecule has 1 heterocycles. The zero-order valence-electron chi connectivity index (χ0n) is 7.80. The molecule has 0 bridgehead atoms. The van der Waals surface area contributed by atoms with Crippen molar-refractivity contribution in [3.63, 3.8) is 0 Å². The number of hydrogen-bond acceptors (Lipinski definition) is 4. The lowest BCUT2D eigenvalue weighted by atomic mass is 9.76. The molecule has 0 saturated heterocycles. The fourth-order valence-electron chi connectivity index (χ4n) is 1.83. The van der Waals surface area contributed by atoms with Gasteiger partial charge in [-0.1, -0.05) is 28.9 Å². The lowest BCUT2D eigenvalue weighted by Crippen LogP contribution is -2.30. The summed E-state index contributed by atoms with van der Waals surface area (Å²) in [6, 6.07) is 5.64. The van der Waals surface area contributed by atoms with E-state index in [-0.39, 0.29) is 6.54 Å². The highest BCUT2D eigenvalue weighted by molar-refractivity contribution is 6.62. The Morgan fingerprint density at radius 3 is 3.14 bits per heavy atom. The van der Waals surface area contributed by atoms with Crippen molar-refractivity contribution in [2.45, 2.75) is 13.0 Å². The first-order valence-electron chi connectivity index (χ1n) is 4.46. The van der Waals surface area contributed by atoms with Gasteiger partial charge in [0.05, 0.1) is 6.10 Å². The van der Waals surface area contributed by atoms with Crippen molar-refractivity contribution in [1.29, 1.82) is 0 Å². The summed E-state index contributed by atoms with van der Waals surface area (Å²) in [5.74, 6) is 0. The second kappa shape index (κ2) is 3.51. The number of benzene rings is 1. The Morgan fingerprint density at radius 2 is 2.43 bits per heavy atom. The number of fused-ring (bicyclic) bond motifs is 1. The van der Waals surface area contributed by atoms with Gasteiger partial charge in [0.2, 0.25) is 0 Å². The summed E-state index contributed by atoms with van der Waals surface area (Å²) in [5.41, 5.74) is 2.63. The molecule has 1 atom stereocenters. The van der Waals surface area contributed by atoms with Crippen LogP contribution in [0.15, 0.2) is 23.4 Å². The predicted molar refractivity (Wildman–Crippen MR) is 53.3 cm³/mol. The summed E-state index contributed by atoms with van der Waals surface area (Å²) in [6.07, 6.45) is -0.391. The molecular formula is C9H10BNO3. The van der Waals surface area contributed by atoms with Crippen LogP contribution in [0.25, 0.3) is 0 Å². The Balaban J connectivity index is 2.43. The van der Waals surface area contributed by atoms with Crippen molar-refractivity contribution >= 4 is 12.6 Å². The van der Waals surface area contributed by atoms with E-state index in [1.807, 2.05) is 25.1 Å². The van der Waals surface area contributed by atoms with Crippen LogP contribution >= 0.6 is 0 Å². The van der Waals surface area contributed by atoms with E-state index in [2.05, 4.69) is 5.18 Å². The average Bonchev–Trinajstić information content (AvgIpc) is 2.46. The van der Waals surface area contributed by atoms with Gasteiger partial charge in [-0.05, 0) is 17.9 Å². The maximum absolute atomic E-state index is 10.2. The van der Waals surface area contributed by atoms with Crippen LogP contribution in [0.3, 0.4) is 0 Å². The van der Waals surface area contributed by atoms with Gasteiger partial charge in [0.1, 0.15) is 6.54 Å². The first-order chi connectivity index (χ1) is 6.74. The van der Waals surface area contributed by atoms with Gasteiger partial charge in [0.15, 0.2) is 0 Å². The summed E-state index contributed by atoms with van der Waals surface area (Å²) in [4.78, 5) is 10.2. The van der Waals surface area contributed by atoms with E-state index in [1.165, 1.54) is 0 Å². The van der Waals surface area contributed by atoms with Crippen molar-refractivity contribution in [1.82, 2.24) is 0 Å². The van der Waals surface area contributed by atoms with Crippen LogP contribution in [0.5, 0.6) is 0 Å². The molecule has 0 aliphatic carbocycles. The van der Waals surface area contributed by atoms with Crippen molar-refractivity contribution < 1.29 is 9.68 Å². The van der Waals surface area contributed by atoms with Crippen molar-refractivity contribution in [2.24, 2.45) is 5.18 Å². The lowest BCUT2D eigenvalue weighted by molar-refractivity contribution is 0.198. The second-order valence-corrected chi connectivity index (χ2v) is 3.37. The fraction of sp³-hybridized carbons (Fsp3) is 0.333. The Labute approximate surface area is 82.0 Å². The highest BCUT2D eigenvalue weighted by atomic mass is 16.5. The minimum absolute atomic E-state index is 0.0491. The molecule has 2 rings (SSSR count). The van der Waals surface area contributed by atoms with Crippen LogP contribution < -0.4 is 5.46 Å². The van der Waals surface area contributed by atoms with Crippen LogP contribution in [-0.4, -0.2) is 18.7 Å². The molecule has 4 nitrogen and oxygen atoms in total. The topological polar surface area (TPSA) is 58.9 Å². The molecule has 1 aliphatic rings. The number of nitrogens with zero attached hydrogens (tertiary/aromatic N) is 1. The average molecular weight is 191 g/mol. The van der Waals surface area contributed by atoms with E-state index in [9.17, 15) is 9.93 Å². The van der Waals surface area contributed by atoms with E-state index in [1.54, 1.807) is 0 Å². The van der Waals surface area contributed by atoms with E-state index in [0.717, 1.165) is 16.6 Å². The Hall–Kier alpha value is -1.20. The monoisotopic (exact) mass is 191 g/mol. The molecule has 0 fully saturated rings. The van der Waals surface area contributed by atoms with Crippen molar-refractivity contribution in [3.8, 4) is 0 Å². The molecule has 1 unspecified atom stereocenters. The molecule has 1 aromatic rings. The number of hydrogen-bond donors (Lipinski definition) is 1. The highest BCUT2D eigenvalue weighted by Gasteiger charge is 2.36. The molecule has 14 heavy (non-hydrogen) atoms. The maximum atomic E-state index is 10.2. The summed E-state index contributed by atoms with van der Waals surface area (Å²) < 4.78 is 5.21. The maximum Gasteiger partial charge on any atom is 0.492 e. The Morgan fingerprint density at radius 1 is 1.64 bits per heavy atom. The smallest absolute Gasteiger partial charge is 0.423 e. The minimum atomic E-state index is -0.919. The van der Waals surface area contributed by atoms with Gasteiger partial charge in [0.25, 0.3) is 0 Å². The van der Waals surface area contributed by atoms with Crippen LogP contribution in [0.1, 0.15) is 17.2 Å². The van der Waals surface area contributed by atoms with Gasteiger partial charge in [-0.25, -0.2) is 0 Å². The molecule has 1 N–H and O–H groups in total. The zero-order chi connectivity index (χ0) is 10.1. The lowest BCUT2D eigenvalue weighted by Gasteiger charge is -2.06. The molecule has 0 radical (unpaired) electrons. The molecular weight excluding hydrogens is 181 g/mol. The fourth-order valence-corrected chi connectivity index (χ4v) is 1.83. The largest absolute Gasteiger partial charge is 0.492 e. The first kappa shape index (κ1) is 9.36. The first-order valence-corrected chi connectivity index (χ1v) is 4.46. The molecule has 5 heteroatoms. The highest BCUT2D eigenvalue weighted by Crippen LogP contribution is 2.24. The van der Waals surface area contributed by atoms with Crippen LogP contribution in [-0.2, 0) is 4.65 Å². The van der Waals surface area contributed by atoms with Crippen molar-refractivity contribution in [3.05, 3.63) is 34.2 Å². The Kier molecular flexibility index (Phi) is 2.35. The van der Waals surface area contributed by atoms with E-state index >= 15 is 0 Å². The van der Waals surface area contributed by atoms with Crippen LogP contribution in [0.2, 0.25) is 0 Å². The molecule has 0 aromatic heterocycles. The summed E-state index contributed by atoms with van der Waals surface area (Å²) in [5, 5.41) is 12.4. The zero-order valence-corrected chi connectivity index (χ0v) is 7.80. The third kappa shape index (κ3) is 1.34. The summed E-state index contributed by atoms with van der Waals surface area (Å²) in [7, 11) is -0.919. The molecule has 0 spiro atoms. The van der Waals surface area contributed by atoms with Gasteiger partial charge in [0, 0.05) is 0 Å². The predicted octanol–water partition coefficient (Wildman–Crippen LogP) is 0.520. The van der Waals surface area contributed by atoms with Gasteiger partial charge < -0.3 is 9.68 Å². The third-order valence-corrected chi connectivity index (χ3v) is 2.49. The van der Waals surface area contributed by atoms with Crippen molar-refractivity contribution in [2.75, 3.05) is 6.54 Å². The number of aryl methyl sites for hydroxylation is 1. The van der Waals surface area contributed by atoms with Gasteiger partial charge in [-0.3, -0.25) is 0 Å². The molecule has 0 saturated carbocycles. The van der Waals surface area contributed by atoms with E-state index in [4.69, 9.17) is 4.65 Å². The van der Waals surface area contributed by atoms with Gasteiger partial charge >= 0.3 is 7.12 Å². The standard InChI is InChI=1S/C9H10BNO3/c1-6-3-2-4-7-8(5-11-13)14-10(12)9(6)7/h2-4,8,12H,5H2,1H3. The SMILES string of the molecule is Cc1cccc2c1B(O)OC2CN=O. The number of nitroso groups, excluding NO2 is 1. The normalized spacial score (nSPS) is 19.6. The minimum Gasteiger partial charge on any atom is -0.423 e. The number of rotatable bonds is 2. The van der Waals surface area contributed by atoms with Gasteiger partial charge in [-0.15, -0.1) is 0 Å². The van der Waals surface area contributed by atoms with Crippen LogP contribution in [0, 0.1) is 11.8 Å². The van der Waals surface area contributed by atoms with Gasteiger partial charge in [-0.2, -0.15) is 4.91 Å².